The third kappa shape index (κ3) is 1.68. The van der Waals surface area contributed by atoms with Crippen LogP contribution in [-0.2, 0) is 0 Å². The molecule has 1 aliphatic heterocycles. The molecular weight excluding hydrogens is 274 g/mol. The zero-order valence-electron chi connectivity index (χ0n) is 12.7. The summed E-state index contributed by atoms with van der Waals surface area (Å²) >= 11 is 0. The van der Waals surface area contributed by atoms with Gasteiger partial charge in [0, 0.05) is 6.54 Å². The topological polar surface area (TPSA) is 37.4 Å². The van der Waals surface area contributed by atoms with Gasteiger partial charge in [-0.1, -0.05) is 12.1 Å². The van der Waals surface area contributed by atoms with Gasteiger partial charge in [0.05, 0.1) is 11.1 Å². The summed E-state index contributed by atoms with van der Waals surface area (Å²) < 4.78 is 0. The van der Waals surface area contributed by atoms with Crippen LogP contribution in [-0.4, -0.2) is 23.3 Å². The second-order valence-electron chi connectivity index (χ2n) is 7.86. The minimum Gasteiger partial charge on any atom is -0.274 e. The molecule has 4 aliphatic carbocycles. The molecule has 0 saturated heterocycles. The zero-order valence-corrected chi connectivity index (χ0v) is 12.7. The highest BCUT2D eigenvalue weighted by molar-refractivity contribution is 6.21. The van der Waals surface area contributed by atoms with Crippen molar-refractivity contribution in [2.45, 2.75) is 32.1 Å². The Morgan fingerprint density at radius 3 is 1.82 bits per heavy atom. The maximum absolute atomic E-state index is 12.6. The van der Waals surface area contributed by atoms with Crippen LogP contribution in [0.2, 0.25) is 0 Å². The van der Waals surface area contributed by atoms with Gasteiger partial charge in [0.15, 0.2) is 0 Å². The second kappa shape index (κ2) is 4.43. The molecule has 1 heterocycles. The number of hydrogen-bond donors (Lipinski definition) is 0. The van der Waals surface area contributed by atoms with Gasteiger partial charge < -0.3 is 0 Å². The average Bonchev–Trinajstić information content (AvgIpc) is 2.75. The average molecular weight is 295 g/mol. The molecule has 3 heteroatoms. The number of fused-ring (bicyclic) bond motifs is 1. The van der Waals surface area contributed by atoms with E-state index < -0.39 is 0 Å². The van der Waals surface area contributed by atoms with Crippen molar-refractivity contribution in [1.82, 2.24) is 4.90 Å². The molecule has 0 N–H and O–H groups in total. The van der Waals surface area contributed by atoms with Crippen LogP contribution in [0, 0.1) is 29.6 Å². The van der Waals surface area contributed by atoms with Crippen LogP contribution in [0.25, 0.3) is 0 Å². The maximum Gasteiger partial charge on any atom is 0.261 e. The van der Waals surface area contributed by atoms with Crippen molar-refractivity contribution in [3.63, 3.8) is 0 Å². The van der Waals surface area contributed by atoms with Gasteiger partial charge in [-0.25, -0.2) is 0 Å². The van der Waals surface area contributed by atoms with E-state index in [-0.39, 0.29) is 11.8 Å². The normalized spacial score (nSPS) is 38.7. The van der Waals surface area contributed by atoms with Gasteiger partial charge in [0.1, 0.15) is 0 Å². The lowest BCUT2D eigenvalue weighted by Crippen LogP contribution is -2.50. The van der Waals surface area contributed by atoms with Gasteiger partial charge in [-0.2, -0.15) is 0 Å². The standard InChI is InChI=1S/C19H21NO2/c21-18-15-3-1-2-4-16(15)19(22)20(18)10-17-13-6-11-5-12(8-13)9-14(17)7-11/h1-4,11-14,17H,5-10H2. The Balaban J connectivity index is 1.41. The second-order valence-corrected chi connectivity index (χ2v) is 7.86. The minimum atomic E-state index is -0.0746. The van der Waals surface area contributed by atoms with Gasteiger partial charge in [-0.15, -0.1) is 0 Å². The van der Waals surface area contributed by atoms with Crippen molar-refractivity contribution < 1.29 is 9.59 Å². The fourth-order valence-electron chi connectivity index (χ4n) is 5.95. The van der Waals surface area contributed by atoms with Crippen LogP contribution in [0.15, 0.2) is 24.3 Å². The van der Waals surface area contributed by atoms with Crippen LogP contribution in [0.5, 0.6) is 0 Å². The monoisotopic (exact) mass is 295 g/mol. The van der Waals surface area contributed by atoms with E-state index in [1.807, 2.05) is 12.1 Å². The van der Waals surface area contributed by atoms with Gasteiger partial charge >= 0.3 is 0 Å². The van der Waals surface area contributed by atoms with Crippen molar-refractivity contribution in [3.8, 4) is 0 Å². The number of carbonyl (C=O) groups is 2. The maximum atomic E-state index is 12.6. The first-order chi connectivity index (χ1) is 10.7. The van der Waals surface area contributed by atoms with Crippen LogP contribution < -0.4 is 0 Å². The number of nitrogens with zero attached hydrogens (tertiary/aromatic N) is 1. The smallest absolute Gasteiger partial charge is 0.261 e. The molecule has 114 valence electrons. The molecule has 0 atom stereocenters. The lowest BCUT2D eigenvalue weighted by atomic mass is 9.52. The predicted molar refractivity (Wildman–Crippen MR) is 82.3 cm³/mol. The molecule has 4 bridgehead atoms. The van der Waals surface area contributed by atoms with E-state index in [0.717, 1.165) is 23.7 Å². The Labute approximate surface area is 130 Å². The Kier molecular flexibility index (Phi) is 2.59. The number of hydrogen-bond acceptors (Lipinski definition) is 2. The summed E-state index contributed by atoms with van der Waals surface area (Å²) in [6.45, 7) is 0.654. The van der Waals surface area contributed by atoms with Gasteiger partial charge in [-0.05, 0) is 73.8 Å². The number of amides is 2. The molecule has 0 spiro atoms. The van der Waals surface area contributed by atoms with Crippen molar-refractivity contribution in [1.29, 1.82) is 0 Å². The molecule has 22 heavy (non-hydrogen) atoms. The highest BCUT2D eigenvalue weighted by atomic mass is 16.2. The summed E-state index contributed by atoms with van der Waals surface area (Å²) in [5, 5.41) is 0. The van der Waals surface area contributed by atoms with Crippen molar-refractivity contribution in [2.75, 3.05) is 6.54 Å². The lowest BCUT2D eigenvalue weighted by molar-refractivity contribution is -0.0436. The first-order valence-electron chi connectivity index (χ1n) is 8.66. The largest absolute Gasteiger partial charge is 0.274 e. The summed E-state index contributed by atoms with van der Waals surface area (Å²) in [7, 11) is 0. The van der Waals surface area contributed by atoms with Gasteiger partial charge in [0.2, 0.25) is 0 Å². The minimum absolute atomic E-state index is 0.0746. The van der Waals surface area contributed by atoms with E-state index in [9.17, 15) is 9.59 Å². The van der Waals surface area contributed by atoms with Crippen LogP contribution in [0.1, 0.15) is 52.8 Å². The Morgan fingerprint density at radius 1 is 0.818 bits per heavy atom. The SMILES string of the molecule is O=C1c2ccccc2C(=O)N1CC1C2CC3CC(C2)CC1C3. The number of benzene rings is 1. The number of rotatable bonds is 2. The van der Waals surface area contributed by atoms with E-state index >= 15 is 0 Å². The highest BCUT2D eigenvalue weighted by Crippen LogP contribution is 2.56. The lowest BCUT2D eigenvalue weighted by Gasteiger charge is -2.55. The Morgan fingerprint density at radius 2 is 1.32 bits per heavy atom. The highest BCUT2D eigenvalue weighted by Gasteiger charge is 2.50. The van der Waals surface area contributed by atoms with E-state index in [1.165, 1.54) is 37.0 Å². The number of carbonyl (C=O) groups excluding carboxylic acids is 2. The summed E-state index contributed by atoms with van der Waals surface area (Å²) in [6, 6.07) is 7.26. The summed E-state index contributed by atoms with van der Waals surface area (Å²) in [6.07, 6.45) is 6.77. The van der Waals surface area contributed by atoms with Crippen LogP contribution in [0.3, 0.4) is 0 Å². The zero-order chi connectivity index (χ0) is 14.8. The number of imide groups is 1. The van der Waals surface area contributed by atoms with Crippen molar-refractivity contribution in [2.24, 2.45) is 29.6 Å². The fourth-order valence-corrected chi connectivity index (χ4v) is 5.95. The molecule has 4 saturated carbocycles. The molecule has 0 aromatic heterocycles. The molecule has 4 fully saturated rings. The third-order valence-corrected chi connectivity index (χ3v) is 6.69. The molecule has 0 radical (unpaired) electrons. The van der Waals surface area contributed by atoms with Crippen LogP contribution >= 0.6 is 0 Å². The first kappa shape index (κ1) is 12.9. The molecule has 1 aromatic rings. The van der Waals surface area contributed by atoms with E-state index in [2.05, 4.69) is 0 Å². The molecule has 1 aromatic carbocycles. The summed E-state index contributed by atoms with van der Waals surface area (Å²) in [5.41, 5.74) is 1.19. The third-order valence-electron chi connectivity index (χ3n) is 6.69. The van der Waals surface area contributed by atoms with E-state index in [0.29, 0.717) is 23.6 Å². The molecular formula is C19H21NO2. The van der Waals surface area contributed by atoms with Gasteiger partial charge in [-0.3, -0.25) is 14.5 Å². The molecule has 3 nitrogen and oxygen atoms in total. The van der Waals surface area contributed by atoms with Crippen LogP contribution in [0.4, 0.5) is 0 Å². The first-order valence-corrected chi connectivity index (χ1v) is 8.66. The molecule has 0 unspecified atom stereocenters. The Bertz CT molecular complexity index is 602. The van der Waals surface area contributed by atoms with Crippen molar-refractivity contribution >= 4 is 11.8 Å². The molecule has 6 rings (SSSR count). The van der Waals surface area contributed by atoms with Gasteiger partial charge in [0.25, 0.3) is 11.8 Å². The summed E-state index contributed by atoms with van der Waals surface area (Å²) in [5.74, 6) is 3.77. The van der Waals surface area contributed by atoms with Crippen molar-refractivity contribution in [3.05, 3.63) is 35.4 Å². The molecule has 5 aliphatic rings. The predicted octanol–water partition coefficient (Wildman–Crippen LogP) is 3.35. The summed E-state index contributed by atoms with van der Waals surface area (Å²) in [4.78, 5) is 26.7. The Hall–Kier alpha value is -1.64. The van der Waals surface area contributed by atoms with E-state index in [1.54, 1.807) is 12.1 Å². The van der Waals surface area contributed by atoms with E-state index in [4.69, 9.17) is 0 Å². The quantitative estimate of drug-likeness (QED) is 0.785. The molecule has 2 amide bonds. The fraction of sp³-hybridized carbons (Fsp3) is 0.579.